The number of anilines is 1. The fourth-order valence-corrected chi connectivity index (χ4v) is 3.07. The second-order valence-electron chi connectivity index (χ2n) is 6.19. The lowest BCUT2D eigenvalue weighted by atomic mass is 10.1. The molecule has 0 aliphatic rings. The highest BCUT2D eigenvalue weighted by molar-refractivity contribution is 7.80. The van der Waals surface area contributed by atoms with E-state index in [9.17, 15) is 0 Å². The van der Waals surface area contributed by atoms with Gasteiger partial charge in [-0.25, -0.2) is 0 Å². The molecule has 3 aromatic rings. The van der Waals surface area contributed by atoms with Gasteiger partial charge in [0.2, 0.25) is 0 Å². The van der Waals surface area contributed by atoms with Crippen LogP contribution in [-0.2, 0) is 13.1 Å². The van der Waals surface area contributed by atoms with Crippen LogP contribution in [0.3, 0.4) is 0 Å². The van der Waals surface area contributed by atoms with E-state index in [2.05, 4.69) is 15.2 Å². The monoisotopic (exact) mass is 393 g/mol. The molecule has 0 aliphatic carbocycles. The fraction of sp³-hybridized carbons (Fsp3) is 0.182. The summed E-state index contributed by atoms with van der Waals surface area (Å²) in [4.78, 5) is 6.30. The summed E-state index contributed by atoms with van der Waals surface area (Å²) in [6, 6.07) is 19.6. The standard InChI is InChI=1S/C22H23N3O2S/c1-26-20-11-9-19(10-12-20)24-22(28)25(15-17-6-5-13-23-14-17)16-18-7-3-4-8-21(18)27-2/h3-14H,15-16H2,1-2H3,(H,24,28). The number of rotatable bonds is 7. The quantitative estimate of drug-likeness (QED) is 0.597. The number of para-hydroxylation sites is 1. The van der Waals surface area contributed by atoms with E-state index in [0.717, 1.165) is 28.3 Å². The minimum absolute atomic E-state index is 0.612. The zero-order valence-electron chi connectivity index (χ0n) is 16.0. The molecule has 0 unspecified atom stereocenters. The van der Waals surface area contributed by atoms with Crippen LogP contribution in [0.25, 0.3) is 0 Å². The molecule has 3 rings (SSSR count). The first-order valence-electron chi connectivity index (χ1n) is 8.90. The molecular weight excluding hydrogens is 370 g/mol. The number of pyridine rings is 1. The topological polar surface area (TPSA) is 46.6 Å². The molecule has 1 N–H and O–H groups in total. The summed E-state index contributed by atoms with van der Waals surface area (Å²) >= 11 is 5.72. The summed E-state index contributed by atoms with van der Waals surface area (Å²) in [5.74, 6) is 1.64. The first kappa shape index (κ1) is 19.6. The van der Waals surface area contributed by atoms with Crippen molar-refractivity contribution in [1.82, 2.24) is 9.88 Å². The van der Waals surface area contributed by atoms with Crippen LogP contribution in [0.4, 0.5) is 5.69 Å². The van der Waals surface area contributed by atoms with Gasteiger partial charge in [0.05, 0.1) is 14.2 Å². The summed E-state index contributed by atoms with van der Waals surface area (Å²) in [5.41, 5.74) is 3.05. The third-order valence-electron chi connectivity index (χ3n) is 4.28. The van der Waals surface area contributed by atoms with E-state index >= 15 is 0 Å². The van der Waals surface area contributed by atoms with Crippen molar-refractivity contribution >= 4 is 23.0 Å². The highest BCUT2D eigenvalue weighted by Crippen LogP contribution is 2.22. The number of ether oxygens (including phenoxy) is 2. The van der Waals surface area contributed by atoms with Crippen LogP contribution in [0, 0.1) is 0 Å². The van der Waals surface area contributed by atoms with Gasteiger partial charge in [-0.1, -0.05) is 24.3 Å². The summed E-state index contributed by atoms with van der Waals surface area (Å²) in [7, 11) is 3.33. The van der Waals surface area contributed by atoms with Crippen LogP contribution in [0.1, 0.15) is 11.1 Å². The van der Waals surface area contributed by atoms with Crippen molar-refractivity contribution in [3.05, 3.63) is 84.2 Å². The van der Waals surface area contributed by atoms with E-state index < -0.39 is 0 Å². The van der Waals surface area contributed by atoms with E-state index in [-0.39, 0.29) is 0 Å². The second kappa shape index (κ2) is 9.71. The predicted molar refractivity (Wildman–Crippen MR) is 116 cm³/mol. The Morgan fingerprint density at radius 3 is 2.43 bits per heavy atom. The number of nitrogens with one attached hydrogen (secondary N) is 1. The number of benzene rings is 2. The largest absolute Gasteiger partial charge is 0.497 e. The van der Waals surface area contributed by atoms with Crippen molar-refractivity contribution in [2.24, 2.45) is 0 Å². The molecule has 144 valence electrons. The lowest BCUT2D eigenvalue weighted by molar-refractivity contribution is 0.378. The first-order chi connectivity index (χ1) is 13.7. The Morgan fingerprint density at radius 1 is 0.964 bits per heavy atom. The number of hydrogen-bond acceptors (Lipinski definition) is 4. The molecule has 2 aromatic carbocycles. The summed E-state index contributed by atoms with van der Waals surface area (Å²) in [5, 5.41) is 3.94. The third kappa shape index (κ3) is 5.20. The summed E-state index contributed by atoms with van der Waals surface area (Å²) in [6.45, 7) is 1.24. The zero-order valence-corrected chi connectivity index (χ0v) is 16.8. The van der Waals surface area contributed by atoms with Gasteiger partial charge in [-0.05, 0) is 54.2 Å². The van der Waals surface area contributed by atoms with Crippen LogP contribution < -0.4 is 14.8 Å². The number of aromatic nitrogens is 1. The average molecular weight is 394 g/mol. The van der Waals surface area contributed by atoms with Crippen molar-refractivity contribution in [1.29, 1.82) is 0 Å². The SMILES string of the molecule is COc1ccc(NC(=S)N(Cc2cccnc2)Cc2ccccc2OC)cc1. The van der Waals surface area contributed by atoms with Crippen LogP contribution in [-0.4, -0.2) is 29.2 Å². The van der Waals surface area contributed by atoms with Gasteiger partial charge in [0.25, 0.3) is 0 Å². The Balaban J connectivity index is 1.80. The van der Waals surface area contributed by atoms with E-state index in [1.807, 2.05) is 66.9 Å². The Labute approximate surface area is 170 Å². The van der Waals surface area contributed by atoms with E-state index in [4.69, 9.17) is 21.7 Å². The molecule has 0 atom stereocenters. The Kier molecular flexibility index (Phi) is 6.81. The maximum atomic E-state index is 5.72. The van der Waals surface area contributed by atoms with Gasteiger partial charge in [-0.15, -0.1) is 0 Å². The molecule has 0 fully saturated rings. The lowest BCUT2D eigenvalue weighted by Gasteiger charge is -2.27. The van der Waals surface area contributed by atoms with Crippen molar-refractivity contribution in [2.45, 2.75) is 13.1 Å². The van der Waals surface area contributed by atoms with Crippen molar-refractivity contribution in [3.63, 3.8) is 0 Å². The maximum absolute atomic E-state index is 5.72. The number of methoxy groups -OCH3 is 2. The number of hydrogen-bond donors (Lipinski definition) is 1. The molecular formula is C22H23N3O2S. The molecule has 1 heterocycles. The van der Waals surface area contributed by atoms with E-state index in [0.29, 0.717) is 18.2 Å². The molecule has 5 nitrogen and oxygen atoms in total. The predicted octanol–water partition coefficient (Wildman–Crippen LogP) is 4.50. The highest BCUT2D eigenvalue weighted by atomic mass is 32.1. The minimum Gasteiger partial charge on any atom is -0.497 e. The zero-order chi connectivity index (χ0) is 19.8. The molecule has 0 radical (unpaired) electrons. The number of nitrogens with zero attached hydrogens (tertiary/aromatic N) is 2. The first-order valence-corrected chi connectivity index (χ1v) is 9.31. The Morgan fingerprint density at radius 2 is 1.75 bits per heavy atom. The molecule has 6 heteroatoms. The lowest BCUT2D eigenvalue weighted by Crippen LogP contribution is -2.34. The van der Waals surface area contributed by atoms with Crippen molar-refractivity contribution in [2.75, 3.05) is 19.5 Å². The van der Waals surface area contributed by atoms with Crippen molar-refractivity contribution in [3.8, 4) is 11.5 Å². The molecule has 0 bridgehead atoms. The summed E-state index contributed by atoms with van der Waals surface area (Å²) < 4.78 is 10.7. The second-order valence-corrected chi connectivity index (χ2v) is 6.57. The molecule has 0 saturated heterocycles. The van der Waals surface area contributed by atoms with Gasteiger partial charge in [0.1, 0.15) is 11.5 Å². The van der Waals surface area contributed by atoms with Gasteiger partial charge in [0, 0.05) is 36.7 Å². The molecule has 0 spiro atoms. The van der Waals surface area contributed by atoms with E-state index in [1.54, 1.807) is 20.4 Å². The van der Waals surface area contributed by atoms with Gasteiger partial charge < -0.3 is 19.7 Å². The average Bonchev–Trinajstić information content (AvgIpc) is 2.75. The van der Waals surface area contributed by atoms with Gasteiger partial charge in [-0.2, -0.15) is 0 Å². The van der Waals surface area contributed by atoms with Gasteiger partial charge in [-0.3, -0.25) is 4.98 Å². The molecule has 28 heavy (non-hydrogen) atoms. The fourth-order valence-electron chi connectivity index (χ4n) is 2.83. The normalized spacial score (nSPS) is 10.2. The highest BCUT2D eigenvalue weighted by Gasteiger charge is 2.14. The van der Waals surface area contributed by atoms with Crippen molar-refractivity contribution < 1.29 is 9.47 Å². The molecule has 0 saturated carbocycles. The van der Waals surface area contributed by atoms with Crippen LogP contribution >= 0.6 is 12.2 Å². The Hall–Kier alpha value is -3.12. The third-order valence-corrected chi connectivity index (χ3v) is 4.64. The molecule has 1 aromatic heterocycles. The maximum Gasteiger partial charge on any atom is 0.174 e. The van der Waals surface area contributed by atoms with Crippen LogP contribution in [0.15, 0.2) is 73.1 Å². The van der Waals surface area contributed by atoms with Gasteiger partial charge in [0.15, 0.2) is 5.11 Å². The Bertz CT molecular complexity index is 901. The van der Waals surface area contributed by atoms with Crippen LogP contribution in [0.2, 0.25) is 0 Å². The smallest absolute Gasteiger partial charge is 0.174 e. The molecule has 0 amide bonds. The number of thiocarbonyl (C=S) groups is 1. The van der Waals surface area contributed by atoms with Crippen LogP contribution in [0.5, 0.6) is 11.5 Å². The summed E-state index contributed by atoms with van der Waals surface area (Å²) in [6.07, 6.45) is 3.62. The molecule has 0 aliphatic heterocycles. The van der Waals surface area contributed by atoms with E-state index in [1.165, 1.54) is 0 Å². The minimum atomic E-state index is 0.612. The van der Waals surface area contributed by atoms with Gasteiger partial charge >= 0.3 is 0 Å².